The maximum absolute atomic E-state index is 11.4. The van der Waals surface area contributed by atoms with E-state index in [1.807, 2.05) is 0 Å². The van der Waals surface area contributed by atoms with Gasteiger partial charge in [-0.3, -0.25) is 0 Å². The Hall–Kier alpha value is -0.810. The zero-order valence-electron chi connectivity index (χ0n) is 10.2. The van der Waals surface area contributed by atoms with Crippen LogP contribution in [0.1, 0.15) is 13.3 Å². The van der Waals surface area contributed by atoms with Crippen molar-refractivity contribution in [1.82, 2.24) is 16.0 Å². The normalized spacial score (nSPS) is 25.1. The first-order chi connectivity index (χ1) is 7.74. The quantitative estimate of drug-likeness (QED) is 0.589. The Morgan fingerprint density at radius 1 is 1.50 bits per heavy atom. The molecule has 2 amide bonds. The number of rotatable bonds is 5. The molecule has 1 aliphatic heterocycles. The lowest BCUT2D eigenvalue weighted by Gasteiger charge is -2.29. The monoisotopic (exact) mass is 229 g/mol. The Bertz CT molecular complexity index is 211. The highest BCUT2D eigenvalue weighted by molar-refractivity contribution is 5.73. The second-order valence-electron chi connectivity index (χ2n) is 4.36. The van der Waals surface area contributed by atoms with Crippen molar-refractivity contribution in [2.24, 2.45) is 11.8 Å². The fourth-order valence-electron chi connectivity index (χ4n) is 1.92. The molecular formula is C11H23N3O2. The number of hydrogen-bond donors (Lipinski definition) is 3. The number of methoxy groups -OCH3 is 1. The van der Waals surface area contributed by atoms with Gasteiger partial charge in [-0.15, -0.1) is 0 Å². The van der Waals surface area contributed by atoms with Gasteiger partial charge in [0.1, 0.15) is 0 Å². The van der Waals surface area contributed by atoms with Crippen molar-refractivity contribution in [1.29, 1.82) is 0 Å². The summed E-state index contributed by atoms with van der Waals surface area (Å²) in [6, 6.07) is -0.0946. The number of piperidine rings is 1. The van der Waals surface area contributed by atoms with Crippen LogP contribution in [0, 0.1) is 11.8 Å². The summed E-state index contributed by atoms with van der Waals surface area (Å²) in [5.74, 6) is 1.22. The molecule has 2 unspecified atom stereocenters. The van der Waals surface area contributed by atoms with Gasteiger partial charge in [0.05, 0.1) is 6.61 Å². The van der Waals surface area contributed by atoms with Crippen LogP contribution in [0.25, 0.3) is 0 Å². The molecule has 1 heterocycles. The third kappa shape index (κ3) is 4.81. The van der Waals surface area contributed by atoms with Crippen LogP contribution in [0.4, 0.5) is 4.79 Å². The number of hydrogen-bond acceptors (Lipinski definition) is 3. The lowest BCUT2D eigenvalue weighted by atomic mass is 9.88. The zero-order chi connectivity index (χ0) is 11.8. The van der Waals surface area contributed by atoms with Crippen molar-refractivity contribution < 1.29 is 9.53 Å². The molecule has 0 aromatic rings. The van der Waals surface area contributed by atoms with E-state index in [2.05, 4.69) is 22.9 Å². The van der Waals surface area contributed by atoms with Gasteiger partial charge in [0.2, 0.25) is 0 Å². The summed E-state index contributed by atoms with van der Waals surface area (Å²) in [4.78, 5) is 11.4. The summed E-state index contributed by atoms with van der Waals surface area (Å²) < 4.78 is 4.85. The van der Waals surface area contributed by atoms with E-state index in [0.29, 0.717) is 25.0 Å². The Morgan fingerprint density at radius 3 is 3.00 bits per heavy atom. The summed E-state index contributed by atoms with van der Waals surface area (Å²) >= 11 is 0. The van der Waals surface area contributed by atoms with Crippen LogP contribution >= 0.6 is 0 Å². The van der Waals surface area contributed by atoms with Crippen molar-refractivity contribution in [3.05, 3.63) is 0 Å². The molecule has 5 nitrogen and oxygen atoms in total. The number of carbonyl (C=O) groups is 1. The zero-order valence-corrected chi connectivity index (χ0v) is 10.2. The minimum Gasteiger partial charge on any atom is -0.383 e. The average Bonchev–Trinajstić information content (AvgIpc) is 2.28. The van der Waals surface area contributed by atoms with Crippen LogP contribution in [0.2, 0.25) is 0 Å². The first kappa shape index (κ1) is 13.3. The molecule has 16 heavy (non-hydrogen) atoms. The fraction of sp³-hybridized carbons (Fsp3) is 0.909. The Balaban J connectivity index is 2.10. The lowest BCUT2D eigenvalue weighted by Crippen LogP contribution is -2.44. The summed E-state index contributed by atoms with van der Waals surface area (Å²) in [6.07, 6.45) is 1.14. The summed E-state index contributed by atoms with van der Waals surface area (Å²) in [5.41, 5.74) is 0. The second kappa shape index (κ2) is 7.46. The van der Waals surface area contributed by atoms with Crippen LogP contribution in [0.15, 0.2) is 0 Å². The van der Waals surface area contributed by atoms with Crippen molar-refractivity contribution >= 4 is 6.03 Å². The average molecular weight is 229 g/mol. The van der Waals surface area contributed by atoms with Crippen molar-refractivity contribution in [2.45, 2.75) is 13.3 Å². The summed E-state index contributed by atoms with van der Waals surface area (Å²) in [7, 11) is 1.62. The van der Waals surface area contributed by atoms with E-state index in [1.54, 1.807) is 7.11 Å². The van der Waals surface area contributed by atoms with Crippen LogP contribution in [0.3, 0.4) is 0 Å². The van der Waals surface area contributed by atoms with E-state index >= 15 is 0 Å². The highest BCUT2D eigenvalue weighted by atomic mass is 16.5. The molecule has 0 spiro atoms. The van der Waals surface area contributed by atoms with E-state index in [0.717, 1.165) is 26.1 Å². The Kier molecular flexibility index (Phi) is 6.18. The molecule has 2 atom stereocenters. The fourth-order valence-corrected chi connectivity index (χ4v) is 1.92. The van der Waals surface area contributed by atoms with Gasteiger partial charge in [0, 0.05) is 20.2 Å². The molecule has 1 aliphatic rings. The van der Waals surface area contributed by atoms with Crippen molar-refractivity contribution in [3.63, 3.8) is 0 Å². The molecule has 0 saturated carbocycles. The van der Waals surface area contributed by atoms with Gasteiger partial charge in [-0.05, 0) is 31.3 Å². The van der Waals surface area contributed by atoms with Gasteiger partial charge in [0.15, 0.2) is 0 Å². The number of urea groups is 1. The van der Waals surface area contributed by atoms with E-state index in [-0.39, 0.29) is 6.03 Å². The molecule has 1 saturated heterocycles. The number of ether oxygens (including phenoxy) is 1. The molecule has 94 valence electrons. The maximum Gasteiger partial charge on any atom is 0.314 e. The molecule has 1 fully saturated rings. The Morgan fingerprint density at radius 2 is 2.31 bits per heavy atom. The van der Waals surface area contributed by atoms with Crippen LogP contribution in [-0.2, 0) is 4.74 Å². The largest absolute Gasteiger partial charge is 0.383 e. The lowest BCUT2D eigenvalue weighted by molar-refractivity contribution is 0.194. The van der Waals surface area contributed by atoms with Gasteiger partial charge in [-0.2, -0.15) is 0 Å². The first-order valence-corrected chi connectivity index (χ1v) is 5.95. The molecule has 0 aromatic carbocycles. The molecule has 0 bridgehead atoms. The van der Waals surface area contributed by atoms with Gasteiger partial charge < -0.3 is 20.7 Å². The maximum atomic E-state index is 11.4. The van der Waals surface area contributed by atoms with Crippen LogP contribution in [0.5, 0.6) is 0 Å². The summed E-state index contributed by atoms with van der Waals surface area (Å²) in [6.45, 7) is 6.21. The summed E-state index contributed by atoms with van der Waals surface area (Å²) in [5, 5.41) is 9.00. The molecule has 0 radical (unpaired) electrons. The highest BCUT2D eigenvalue weighted by Crippen LogP contribution is 2.17. The van der Waals surface area contributed by atoms with Crippen LogP contribution < -0.4 is 16.0 Å². The third-order valence-corrected chi connectivity index (χ3v) is 3.08. The van der Waals surface area contributed by atoms with Crippen molar-refractivity contribution in [3.8, 4) is 0 Å². The predicted molar refractivity (Wildman–Crippen MR) is 63.4 cm³/mol. The van der Waals surface area contributed by atoms with Gasteiger partial charge in [-0.1, -0.05) is 6.92 Å². The highest BCUT2D eigenvalue weighted by Gasteiger charge is 2.21. The predicted octanol–water partition coefficient (Wildman–Crippen LogP) is 0.178. The number of amides is 2. The van der Waals surface area contributed by atoms with Crippen molar-refractivity contribution in [2.75, 3.05) is 39.9 Å². The second-order valence-corrected chi connectivity index (χ2v) is 4.36. The van der Waals surface area contributed by atoms with Gasteiger partial charge in [0.25, 0.3) is 0 Å². The topological polar surface area (TPSA) is 62.4 Å². The SMILES string of the molecule is COCCNC(=O)NCC1CCNCC1C. The smallest absolute Gasteiger partial charge is 0.314 e. The minimum atomic E-state index is -0.0946. The van der Waals surface area contributed by atoms with Crippen LogP contribution in [-0.4, -0.2) is 45.9 Å². The molecule has 1 rings (SSSR count). The molecule has 5 heteroatoms. The van der Waals surface area contributed by atoms with Gasteiger partial charge in [-0.25, -0.2) is 4.79 Å². The number of carbonyl (C=O) groups excluding carboxylic acids is 1. The molecule has 0 aromatic heterocycles. The van der Waals surface area contributed by atoms with E-state index in [9.17, 15) is 4.79 Å². The minimum absolute atomic E-state index is 0.0946. The molecule has 3 N–H and O–H groups in total. The van der Waals surface area contributed by atoms with Gasteiger partial charge >= 0.3 is 6.03 Å². The molecule has 0 aliphatic carbocycles. The third-order valence-electron chi connectivity index (χ3n) is 3.08. The van der Waals surface area contributed by atoms with E-state index < -0.39 is 0 Å². The first-order valence-electron chi connectivity index (χ1n) is 5.95. The van der Waals surface area contributed by atoms with E-state index in [4.69, 9.17) is 4.74 Å². The Labute approximate surface area is 97.3 Å². The number of nitrogens with one attached hydrogen (secondary N) is 3. The standard InChI is InChI=1S/C11H23N3O2/c1-9-7-12-4-3-10(9)8-14-11(15)13-5-6-16-2/h9-10,12H,3-8H2,1-2H3,(H2,13,14,15). The van der Waals surface area contributed by atoms with E-state index in [1.165, 1.54) is 0 Å². The molecular weight excluding hydrogens is 206 g/mol.